The average Bonchev–Trinajstić information content (AvgIpc) is 3.12. The molecule has 0 spiro atoms. The monoisotopic (exact) mass is 289 g/mol. The molecule has 0 radical (unpaired) electrons. The molecule has 0 bridgehead atoms. The molecule has 0 amide bonds. The average molecular weight is 289 g/mol. The number of nitrogens with zero attached hydrogens (tertiary/aromatic N) is 1. The fraction of sp³-hybridized carbons (Fsp3) is 0.438. The van der Waals surface area contributed by atoms with Gasteiger partial charge in [-0.2, -0.15) is 0 Å². The normalized spacial score (nSPS) is 20.1. The van der Waals surface area contributed by atoms with Crippen molar-refractivity contribution in [1.82, 2.24) is 4.98 Å². The topological polar surface area (TPSA) is 42.4 Å². The minimum atomic E-state index is -0.478. The van der Waals surface area contributed by atoms with Gasteiger partial charge in [-0.3, -0.25) is 0 Å². The zero-order chi connectivity index (χ0) is 13.8. The summed E-state index contributed by atoms with van der Waals surface area (Å²) in [5.74, 6) is 0. The minimum Gasteiger partial charge on any atom is -0.388 e. The number of aliphatic hydroxyl groups is 1. The van der Waals surface area contributed by atoms with Crippen LogP contribution >= 0.6 is 11.3 Å². The molecule has 2 atom stereocenters. The first-order valence-electron chi connectivity index (χ1n) is 7.09. The van der Waals surface area contributed by atoms with E-state index in [1.54, 1.807) is 11.3 Å². The Kier molecular flexibility index (Phi) is 4.45. The minimum absolute atomic E-state index is 0.341. The highest BCUT2D eigenvalue weighted by Gasteiger charge is 2.18. The van der Waals surface area contributed by atoms with Crippen molar-refractivity contribution in [2.24, 2.45) is 0 Å². The zero-order valence-corrected chi connectivity index (χ0v) is 12.2. The predicted molar refractivity (Wildman–Crippen MR) is 79.9 cm³/mol. The maximum atomic E-state index is 10.2. The van der Waals surface area contributed by atoms with Crippen molar-refractivity contribution in [3.8, 4) is 0 Å². The van der Waals surface area contributed by atoms with Crippen LogP contribution in [0.1, 0.15) is 35.2 Å². The molecule has 3 nitrogen and oxygen atoms in total. The Hall–Kier alpha value is -1.23. The van der Waals surface area contributed by atoms with E-state index in [0.29, 0.717) is 12.5 Å². The molecule has 0 saturated carbocycles. The van der Waals surface area contributed by atoms with E-state index in [1.165, 1.54) is 0 Å². The van der Waals surface area contributed by atoms with Crippen LogP contribution < -0.4 is 0 Å². The number of thiazole rings is 1. The third-order valence-corrected chi connectivity index (χ3v) is 4.53. The molecular weight excluding hydrogens is 270 g/mol. The lowest BCUT2D eigenvalue weighted by atomic mass is 10.1. The van der Waals surface area contributed by atoms with Crippen molar-refractivity contribution in [3.63, 3.8) is 0 Å². The van der Waals surface area contributed by atoms with Gasteiger partial charge in [0.1, 0.15) is 0 Å². The van der Waals surface area contributed by atoms with Gasteiger partial charge in [-0.25, -0.2) is 4.98 Å². The Morgan fingerprint density at radius 2 is 2.20 bits per heavy atom. The Balaban J connectivity index is 1.59. The van der Waals surface area contributed by atoms with E-state index < -0.39 is 6.10 Å². The zero-order valence-electron chi connectivity index (χ0n) is 11.4. The Labute approximate surface area is 123 Å². The maximum Gasteiger partial charge on any atom is 0.0954 e. The number of rotatable bonds is 5. The summed E-state index contributed by atoms with van der Waals surface area (Å²) in [4.78, 5) is 4.62. The van der Waals surface area contributed by atoms with E-state index in [9.17, 15) is 5.11 Å². The first-order valence-corrected chi connectivity index (χ1v) is 7.97. The highest BCUT2D eigenvalue weighted by atomic mass is 32.1. The molecule has 1 fully saturated rings. The largest absolute Gasteiger partial charge is 0.388 e. The van der Waals surface area contributed by atoms with Crippen molar-refractivity contribution in [3.05, 3.63) is 52.0 Å². The van der Waals surface area contributed by atoms with Gasteiger partial charge in [0.05, 0.1) is 22.9 Å². The number of aliphatic hydroxyl groups excluding tert-OH is 1. The third kappa shape index (κ3) is 3.45. The van der Waals surface area contributed by atoms with Crippen molar-refractivity contribution in [2.45, 2.75) is 37.9 Å². The number of hydrogen-bond acceptors (Lipinski definition) is 4. The van der Waals surface area contributed by atoms with Gasteiger partial charge in [-0.1, -0.05) is 30.3 Å². The third-order valence-electron chi connectivity index (χ3n) is 3.61. The van der Waals surface area contributed by atoms with E-state index in [-0.39, 0.29) is 0 Å². The molecule has 1 saturated heterocycles. The lowest BCUT2D eigenvalue weighted by molar-refractivity contribution is 0.111. The first kappa shape index (κ1) is 13.7. The summed E-state index contributed by atoms with van der Waals surface area (Å²) in [5, 5.41) is 13.4. The molecule has 4 heteroatoms. The summed E-state index contributed by atoms with van der Waals surface area (Å²) in [6.07, 6.45) is 3.65. The first-order chi connectivity index (χ1) is 9.81. The van der Waals surface area contributed by atoms with Crippen LogP contribution in [0.15, 0.2) is 35.7 Å². The van der Waals surface area contributed by atoms with Gasteiger partial charge in [0, 0.05) is 24.8 Å². The molecule has 1 aliphatic rings. The van der Waals surface area contributed by atoms with Crippen LogP contribution in [0, 0.1) is 0 Å². The number of aromatic nitrogens is 1. The van der Waals surface area contributed by atoms with Crippen molar-refractivity contribution < 1.29 is 9.84 Å². The van der Waals surface area contributed by atoms with E-state index in [2.05, 4.69) is 10.4 Å². The number of benzene rings is 1. The molecule has 3 rings (SSSR count). The molecule has 2 unspecified atom stereocenters. The fourth-order valence-corrected chi connectivity index (χ4v) is 3.40. The molecule has 2 heterocycles. The lowest BCUT2D eigenvalue weighted by Crippen LogP contribution is -2.08. The Bertz CT molecular complexity index is 534. The molecule has 1 aliphatic heterocycles. The Morgan fingerprint density at radius 3 is 2.95 bits per heavy atom. The molecule has 20 heavy (non-hydrogen) atoms. The van der Waals surface area contributed by atoms with E-state index in [1.807, 2.05) is 30.3 Å². The van der Waals surface area contributed by atoms with Crippen molar-refractivity contribution in [1.29, 1.82) is 0 Å². The van der Waals surface area contributed by atoms with Crippen LogP contribution in [-0.4, -0.2) is 22.8 Å². The van der Waals surface area contributed by atoms with Crippen molar-refractivity contribution >= 4 is 11.3 Å². The highest BCUT2D eigenvalue weighted by molar-refractivity contribution is 7.09. The quantitative estimate of drug-likeness (QED) is 0.919. The van der Waals surface area contributed by atoms with Crippen LogP contribution in [0.4, 0.5) is 0 Å². The van der Waals surface area contributed by atoms with E-state index in [4.69, 9.17) is 4.74 Å². The van der Waals surface area contributed by atoms with Crippen molar-refractivity contribution in [2.75, 3.05) is 6.61 Å². The molecule has 0 aliphatic carbocycles. The summed E-state index contributed by atoms with van der Waals surface area (Å²) in [6.45, 7) is 0.885. The molecule has 1 aromatic heterocycles. The second-order valence-electron chi connectivity index (χ2n) is 5.20. The number of ether oxygens (including phenoxy) is 1. The van der Waals surface area contributed by atoms with Crippen LogP contribution in [0.3, 0.4) is 0 Å². The van der Waals surface area contributed by atoms with Gasteiger partial charge < -0.3 is 9.84 Å². The smallest absolute Gasteiger partial charge is 0.0954 e. The predicted octanol–water partition coefficient (Wildman–Crippen LogP) is 3.14. The van der Waals surface area contributed by atoms with Gasteiger partial charge in [-0.15, -0.1) is 11.3 Å². The fourth-order valence-electron chi connectivity index (χ4n) is 2.53. The highest BCUT2D eigenvalue weighted by Crippen LogP contribution is 2.22. The second-order valence-corrected chi connectivity index (χ2v) is 6.14. The molecule has 1 N–H and O–H groups in total. The second kappa shape index (κ2) is 6.48. The van der Waals surface area contributed by atoms with Gasteiger partial charge in [0.15, 0.2) is 0 Å². The summed E-state index contributed by atoms with van der Waals surface area (Å²) < 4.78 is 5.63. The Morgan fingerprint density at radius 1 is 1.35 bits per heavy atom. The lowest BCUT2D eigenvalue weighted by Gasteiger charge is -2.09. The summed E-state index contributed by atoms with van der Waals surface area (Å²) in [5.41, 5.74) is 1.92. The van der Waals surface area contributed by atoms with Gasteiger partial charge >= 0.3 is 0 Å². The van der Waals surface area contributed by atoms with Crippen LogP contribution in [0.5, 0.6) is 0 Å². The molecule has 1 aromatic carbocycles. The summed E-state index contributed by atoms with van der Waals surface area (Å²) >= 11 is 1.67. The van der Waals surface area contributed by atoms with Crippen LogP contribution in [-0.2, 0) is 17.6 Å². The molecule has 2 aromatic rings. The van der Waals surface area contributed by atoms with Crippen LogP contribution in [0.25, 0.3) is 0 Å². The van der Waals surface area contributed by atoms with Crippen LogP contribution in [0.2, 0.25) is 0 Å². The summed E-state index contributed by atoms with van der Waals surface area (Å²) in [6, 6.07) is 9.75. The van der Waals surface area contributed by atoms with Gasteiger partial charge in [-0.05, 0) is 18.4 Å². The molecular formula is C16H19NO2S. The van der Waals surface area contributed by atoms with E-state index >= 15 is 0 Å². The van der Waals surface area contributed by atoms with E-state index in [0.717, 1.165) is 42.1 Å². The standard InChI is InChI=1S/C16H19NO2S/c18-15(12-5-2-1-3-6-12)9-13-11-20-16(17-13)10-14-7-4-8-19-14/h1-3,5-6,11,14-15,18H,4,7-10H2. The maximum absolute atomic E-state index is 10.2. The van der Waals surface area contributed by atoms with Gasteiger partial charge in [0.25, 0.3) is 0 Å². The SMILES string of the molecule is OC(Cc1csc(CC2CCCO2)n1)c1ccccc1. The molecule has 106 valence electrons. The van der Waals surface area contributed by atoms with Gasteiger partial charge in [0.2, 0.25) is 0 Å². The summed E-state index contributed by atoms with van der Waals surface area (Å²) in [7, 11) is 0. The number of hydrogen-bond donors (Lipinski definition) is 1.